The van der Waals surface area contributed by atoms with Gasteiger partial charge >= 0.3 is 11.8 Å². The van der Waals surface area contributed by atoms with Crippen molar-refractivity contribution >= 4 is 17.5 Å². The lowest BCUT2D eigenvalue weighted by Gasteiger charge is -2.34. The van der Waals surface area contributed by atoms with E-state index in [4.69, 9.17) is 4.74 Å². The quantitative estimate of drug-likeness (QED) is 0.736. The lowest BCUT2D eigenvalue weighted by atomic mass is 9.88. The molecule has 0 fully saturated rings. The first-order valence-corrected chi connectivity index (χ1v) is 8.49. The number of hydrogen-bond donors (Lipinski definition) is 3. The maximum atomic E-state index is 12.1. The van der Waals surface area contributed by atoms with E-state index >= 15 is 0 Å². The fraction of sp³-hybridized carbons (Fsp3) is 0.300. The van der Waals surface area contributed by atoms with E-state index in [9.17, 15) is 14.7 Å². The van der Waals surface area contributed by atoms with Crippen LogP contribution < -0.4 is 15.4 Å². The third-order valence-corrected chi connectivity index (χ3v) is 4.39. The smallest absolute Gasteiger partial charge is 0.313 e. The molecule has 6 nitrogen and oxygen atoms in total. The highest BCUT2D eigenvalue weighted by atomic mass is 16.5. The molecule has 0 aromatic heterocycles. The van der Waals surface area contributed by atoms with Crippen molar-refractivity contribution in [2.45, 2.75) is 25.9 Å². The van der Waals surface area contributed by atoms with Gasteiger partial charge in [-0.3, -0.25) is 9.59 Å². The van der Waals surface area contributed by atoms with Crippen LogP contribution in [0, 0.1) is 13.8 Å². The highest BCUT2D eigenvalue weighted by Crippen LogP contribution is 2.36. The van der Waals surface area contributed by atoms with Crippen LogP contribution in [-0.2, 0) is 15.2 Å². The normalized spacial score (nSPS) is 18.4. The molecule has 2 aromatic rings. The monoisotopic (exact) mass is 354 g/mol. The van der Waals surface area contributed by atoms with Crippen LogP contribution in [0.15, 0.2) is 42.5 Å². The Morgan fingerprint density at radius 1 is 1.12 bits per heavy atom. The Morgan fingerprint density at radius 3 is 2.54 bits per heavy atom. The maximum absolute atomic E-state index is 12.1. The molecule has 136 valence electrons. The van der Waals surface area contributed by atoms with Crippen molar-refractivity contribution in [3.63, 3.8) is 0 Å². The first kappa shape index (κ1) is 17.9. The third-order valence-electron chi connectivity index (χ3n) is 4.39. The summed E-state index contributed by atoms with van der Waals surface area (Å²) in [6.45, 7) is 4.12. The topological polar surface area (TPSA) is 87.7 Å². The standard InChI is InChI=1S/C20H22N2O4/c1-13-9-14(2)11-15(10-13)22-19(24)18(23)21-12-20(25)7-8-26-17-6-4-3-5-16(17)20/h3-6,9-11,25H,7-8,12H2,1-2H3,(H,21,23)(H,22,24). The minimum absolute atomic E-state index is 0.0630. The van der Waals surface area contributed by atoms with E-state index in [-0.39, 0.29) is 6.54 Å². The molecule has 3 N–H and O–H groups in total. The van der Waals surface area contributed by atoms with Crippen LogP contribution >= 0.6 is 0 Å². The van der Waals surface area contributed by atoms with E-state index in [1.165, 1.54) is 0 Å². The molecule has 1 heterocycles. The number of nitrogens with one attached hydrogen (secondary N) is 2. The van der Waals surface area contributed by atoms with Gasteiger partial charge in [-0.1, -0.05) is 24.3 Å². The highest BCUT2D eigenvalue weighted by molar-refractivity contribution is 6.39. The summed E-state index contributed by atoms with van der Waals surface area (Å²) < 4.78 is 5.52. The fourth-order valence-electron chi connectivity index (χ4n) is 3.17. The van der Waals surface area contributed by atoms with Crippen LogP contribution in [0.4, 0.5) is 5.69 Å². The van der Waals surface area contributed by atoms with Gasteiger partial charge < -0.3 is 20.5 Å². The zero-order chi connectivity index (χ0) is 18.7. The molecule has 0 spiro atoms. The summed E-state index contributed by atoms with van der Waals surface area (Å²) in [4.78, 5) is 24.3. The first-order chi connectivity index (χ1) is 12.4. The number of amides is 2. The summed E-state index contributed by atoms with van der Waals surface area (Å²) in [5.74, 6) is -0.962. The first-order valence-electron chi connectivity index (χ1n) is 8.49. The number of aryl methyl sites for hydroxylation is 2. The Labute approximate surface area is 152 Å². The van der Waals surface area contributed by atoms with Crippen molar-refractivity contribution in [1.29, 1.82) is 0 Å². The largest absolute Gasteiger partial charge is 0.493 e. The number of ether oxygens (including phenoxy) is 1. The van der Waals surface area contributed by atoms with Gasteiger partial charge in [0, 0.05) is 17.7 Å². The summed E-state index contributed by atoms with van der Waals surface area (Å²) in [6, 6.07) is 12.7. The van der Waals surface area contributed by atoms with Gasteiger partial charge in [0.05, 0.1) is 13.2 Å². The van der Waals surface area contributed by atoms with Crippen molar-refractivity contribution in [3.05, 3.63) is 59.2 Å². The second kappa shape index (κ2) is 7.17. The number of hydrogen-bond acceptors (Lipinski definition) is 4. The predicted octanol–water partition coefficient (Wildman–Crippen LogP) is 2.03. The van der Waals surface area contributed by atoms with Gasteiger partial charge in [0.2, 0.25) is 0 Å². The molecule has 3 rings (SSSR count). The number of rotatable bonds is 3. The minimum atomic E-state index is -1.26. The number of carbonyl (C=O) groups is 2. The molecule has 1 aliphatic rings. The molecule has 2 aromatic carbocycles. The second-order valence-electron chi connectivity index (χ2n) is 6.64. The van der Waals surface area contributed by atoms with E-state index in [1.54, 1.807) is 30.3 Å². The molecular formula is C20H22N2O4. The van der Waals surface area contributed by atoms with Crippen LogP contribution in [-0.4, -0.2) is 30.1 Å². The molecule has 0 saturated carbocycles. The molecule has 1 aliphatic heterocycles. The molecule has 0 aliphatic carbocycles. The predicted molar refractivity (Wildman–Crippen MR) is 98.0 cm³/mol. The van der Waals surface area contributed by atoms with Gasteiger partial charge in [-0.15, -0.1) is 0 Å². The summed E-state index contributed by atoms with van der Waals surface area (Å²) in [5.41, 5.74) is 1.91. The van der Waals surface area contributed by atoms with E-state index in [1.807, 2.05) is 26.0 Å². The summed E-state index contributed by atoms with van der Waals surface area (Å²) in [5, 5.41) is 16.0. The van der Waals surface area contributed by atoms with E-state index < -0.39 is 17.4 Å². The van der Waals surface area contributed by atoms with Crippen molar-refractivity contribution < 1.29 is 19.4 Å². The SMILES string of the molecule is Cc1cc(C)cc(NC(=O)C(=O)NCC2(O)CCOc3ccccc32)c1. The second-order valence-corrected chi connectivity index (χ2v) is 6.64. The minimum Gasteiger partial charge on any atom is -0.493 e. The van der Waals surface area contributed by atoms with Gasteiger partial charge in [0.15, 0.2) is 0 Å². The number of aliphatic hydroxyl groups is 1. The summed E-state index contributed by atoms with van der Waals surface area (Å²) in [7, 11) is 0. The van der Waals surface area contributed by atoms with Gasteiger partial charge in [-0.05, 0) is 43.2 Å². The number of fused-ring (bicyclic) bond motifs is 1. The average Bonchev–Trinajstić information content (AvgIpc) is 2.59. The molecule has 1 unspecified atom stereocenters. The Morgan fingerprint density at radius 2 is 1.81 bits per heavy atom. The molecule has 1 atom stereocenters. The van der Waals surface area contributed by atoms with Crippen LogP contribution in [0.1, 0.15) is 23.1 Å². The third kappa shape index (κ3) is 3.86. The molecule has 26 heavy (non-hydrogen) atoms. The average molecular weight is 354 g/mol. The van der Waals surface area contributed by atoms with E-state index in [0.717, 1.165) is 11.1 Å². The molecule has 2 amide bonds. The van der Waals surface area contributed by atoms with Gasteiger partial charge in [0.25, 0.3) is 0 Å². The molecule has 0 bridgehead atoms. The maximum Gasteiger partial charge on any atom is 0.313 e. The van der Waals surface area contributed by atoms with Crippen LogP contribution in [0.3, 0.4) is 0 Å². The zero-order valence-corrected chi connectivity index (χ0v) is 14.8. The number of para-hydroxylation sites is 1. The number of anilines is 1. The highest BCUT2D eigenvalue weighted by Gasteiger charge is 2.36. The van der Waals surface area contributed by atoms with E-state index in [2.05, 4.69) is 10.6 Å². The fourth-order valence-corrected chi connectivity index (χ4v) is 3.17. The molecule has 6 heteroatoms. The Kier molecular flexibility index (Phi) is 4.95. The molecule has 0 radical (unpaired) electrons. The number of benzene rings is 2. The van der Waals surface area contributed by atoms with Gasteiger partial charge in [-0.25, -0.2) is 0 Å². The van der Waals surface area contributed by atoms with Crippen LogP contribution in [0.5, 0.6) is 5.75 Å². The lowest BCUT2D eigenvalue weighted by molar-refractivity contribution is -0.137. The van der Waals surface area contributed by atoms with Gasteiger partial charge in [-0.2, -0.15) is 0 Å². The Balaban J connectivity index is 1.64. The van der Waals surface area contributed by atoms with Crippen molar-refractivity contribution in [1.82, 2.24) is 5.32 Å². The molecule has 0 saturated heterocycles. The zero-order valence-electron chi connectivity index (χ0n) is 14.8. The molecular weight excluding hydrogens is 332 g/mol. The van der Waals surface area contributed by atoms with Crippen molar-refractivity contribution in [2.75, 3.05) is 18.5 Å². The van der Waals surface area contributed by atoms with E-state index in [0.29, 0.717) is 30.0 Å². The van der Waals surface area contributed by atoms with Gasteiger partial charge in [0.1, 0.15) is 11.4 Å². The van der Waals surface area contributed by atoms with Crippen LogP contribution in [0.2, 0.25) is 0 Å². The van der Waals surface area contributed by atoms with Crippen molar-refractivity contribution in [2.24, 2.45) is 0 Å². The van der Waals surface area contributed by atoms with Crippen LogP contribution in [0.25, 0.3) is 0 Å². The number of carbonyl (C=O) groups excluding carboxylic acids is 2. The summed E-state index contributed by atoms with van der Waals surface area (Å²) in [6.07, 6.45) is 0.336. The lowest BCUT2D eigenvalue weighted by Crippen LogP contribution is -2.46. The Hall–Kier alpha value is -2.86. The van der Waals surface area contributed by atoms with Crippen molar-refractivity contribution in [3.8, 4) is 5.75 Å². The Bertz CT molecular complexity index is 829. The summed E-state index contributed by atoms with van der Waals surface area (Å²) >= 11 is 0.